The lowest BCUT2D eigenvalue weighted by Crippen LogP contribution is -2.66. The minimum absolute atomic E-state index is 0.00465. The molecule has 22 nitrogen and oxygen atoms in total. The highest BCUT2D eigenvalue weighted by Gasteiger charge is 2.68. The molecule has 31 atom stereocenters. The summed E-state index contributed by atoms with van der Waals surface area (Å²) in [5.74, 6) is 0.884. The van der Waals surface area contributed by atoms with Gasteiger partial charge in [0, 0.05) is 19.4 Å². The summed E-state index contributed by atoms with van der Waals surface area (Å²) in [4.78, 5) is 0. The monoisotopic (exact) mass is 1060 g/mol. The van der Waals surface area contributed by atoms with Gasteiger partial charge >= 0.3 is 0 Å². The van der Waals surface area contributed by atoms with E-state index in [4.69, 9.17) is 47.4 Å². The van der Waals surface area contributed by atoms with Gasteiger partial charge in [-0.3, -0.25) is 0 Å². The van der Waals surface area contributed by atoms with E-state index in [1.54, 1.807) is 7.11 Å². The Kier molecular flexibility index (Phi) is 17.4. The fraction of sp³-hybridized carbons (Fsp3) is 0.962. The van der Waals surface area contributed by atoms with Gasteiger partial charge in [0.15, 0.2) is 30.9 Å². The fourth-order valence-electron chi connectivity index (χ4n) is 15.3. The maximum atomic E-state index is 12.1. The zero-order valence-electron chi connectivity index (χ0n) is 43.7. The lowest BCUT2D eigenvalue weighted by molar-refractivity contribution is -0.388. The van der Waals surface area contributed by atoms with Crippen LogP contribution in [-0.4, -0.2) is 229 Å². The number of aliphatic hydroxyl groups is 12. The Morgan fingerprint density at radius 2 is 1.24 bits per heavy atom. The Morgan fingerprint density at radius 1 is 0.649 bits per heavy atom. The Morgan fingerprint density at radius 3 is 1.86 bits per heavy atom. The Bertz CT molecular complexity index is 1920. The third-order valence-electron chi connectivity index (χ3n) is 19.8. The number of fused-ring (bicyclic) bond motifs is 7. The highest BCUT2D eigenvalue weighted by Crippen LogP contribution is 2.70. The van der Waals surface area contributed by atoms with Gasteiger partial charge in [0.2, 0.25) is 0 Å². The molecule has 0 aromatic carbocycles. The summed E-state index contributed by atoms with van der Waals surface area (Å²) >= 11 is 0. The summed E-state index contributed by atoms with van der Waals surface area (Å²) in [5.41, 5.74) is 1.19. The predicted molar refractivity (Wildman–Crippen MR) is 254 cm³/mol. The Balaban J connectivity index is 0.854. The van der Waals surface area contributed by atoms with Crippen LogP contribution >= 0.6 is 0 Å². The van der Waals surface area contributed by atoms with Gasteiger partial charge in [-0.1, -0.05) is 39.3 Å². The van der Waals surface area contributed by atoms with Crippen molar-refractivity contribution in [2.75, 3.05) is 26.9 Å². The van der Waals surface area contributed by atoms with Crippen molar-refractivity contribution in [1.82, 2.24) is 0 Å². The van der Waals surface area contributed by atoms with Gasteiger partial charge in [-0.25, -0.2) is 0 Å². The third-order valence-corrected chi connectivity index (χ3v) is 19.8. The van der Waals surface area contributed by atoms with Gasteiger partial charge in [-0.2, -0.15) is 0 Å². The van der Waals surface area contributed by atoms with E-state index in [2.05, 4.69) is 26.8 Å². The molecule has 0 aromatic heterocycles. The van der Waals surface area contributed by atoms with Crippen molar-refractivity contribution < 1.29 is 109 Å². The summed E-state index contributed by atoms with van der Waals surface area (Å²) in [6.07, 6.45) is -19.4. The number of allylic oxidation sites excluding steroid dienone is 1. The first-order valence-electron chi connectivity index (χ1n) is 27.2. The first-order chi connectivity index (χ1) is 35.0. The topological polar surface area (TPSA) is 335 Å². The molecule has 3 saturated carbocycles. The number of aliphatic hydroxyl groups excluding tert-OH is 12. The SMILES string of the molecule is CO[C@]1(CC[C@@H](C)CO[C@@H]2O[C@@H](CO)[C@H](O)[C@@H](O)[C@@H]2O)O[C@H]2C[C@H]3[C@@H]4CC=C5C[C@@H](O[C@@H]6O[C@@H](CO)[C@H](O[C@H]7O[C@@H](C)[C@H](O)[C@H](O)[C@@H]7O)[C@@H](O)[C@H]6O[C@@H]6O[C@@H](C)[C@H](O)[C@@H](O)[C@H]6O)CC[C@]5(C)[C@H]4CC[C@]3(C)[C@H]2[C@H]1C. The smallest absolute Gasteiger partial charge is 0.187 e. The van der Waals surface area contributed by atoms with E-state index in [-0.39, 0.29) is 41.3 Å². The standard InChI is InChI=1S/C52H86O22/c1-21(20-66-46-40(61)39(60)36(57)31(18-53)70-46)10-15-52(65-7)22(2)33-30(74-52)17-29-27-9-8-25-16-26(11-13-50(25,5)28(27)12-14-51(29,33)6)69-49-45(73-48-42(63)38(59)35(56)24(4)68-48)43(64)44(32(19-54)71-49)72-47-41(62)37(58)34(55)23(3)67-47/h8,21-24,26-49,53-64H,9-20H2,1-7H3/t21-,22-,23+,24+,26+,27-,28+,29+,30+,31+,32+,33+,34+,35+,36+,37+,38-,39-,40+,41+,42-,43-,44+,45-,46-,47-,48+,49-,50+,51+,52-/m1/s1. The van der Waals surface area contributed by atoms with Crippen molar-refractivity contribution in [3.05, 3.63) is 11.6 Å². The quantitative estimate of drug-likeness (QED) is 0.0846. The minimum Gasteiger partial charge on any atom is -0.394 e. The predicted octanol–water partition coefficient (Wildman–Crippen LogP) is -1.33. The molecule has 5 saturated heterocycles. The highest BCUT2D eigenvalue weighted by molar-refractivity contribution is 5.26. The van der Waals surface area contributed by atoms with Gasteiger partial charge in [0.1, 0.15) is 85.5 Å². The van der Waals surface area contributed by atoms with Crippen LogP contribution in [0.4, 0.5) is 0 Å². The number of rotatable bonds is 15. The van der Waals surface area contributed by atoms with Crippen LogP contribution in [-0.2, 0) is 47.4 Å². The first-order valence-corrected chi connectivity index (χ1v) is 27.2. The van der Waals surface area contributed by atoms with Crippen LogP contribution in [0.3, 0.4) is 0 Å². The van der Waals surface area contributed by atoms with E-state index < -0.39 is 148 Å². The molecule has 4 aliphatic carbocycles. The van der Waals surface area contributed by atoms with E-state index in [0.29, 0.717) is 43.4 Å². The van der Waals surface area contributed by atoms with Crippen LogP contribution in [0.1, 0.15) is 99.3 Å². The molecule has 9 aliphatic rings. The van der Waals surface area contributed by atoms with Crippen molar-refractivity contribution >= 4 is 0 Å². The molecule has 22 heteroatoms. The lowest BCUT2D eigenvalue weighted by Gasteiger charge is -2.58. The zero-order valence-corrected chi connectivity index (χ0v) is 43.7. The number of methoxy groups -OCH3 is 1. The third kappa shape index (κ3) is 10.1. The van der Waals surface area contributed by atoms with Gasteiger partial charge < -0.3 is 109 Å². The van der Waals surface area contributed by atoms with Crippen molar-refractivity contribution in [1.29, 1.82) is 0 Å². The van der Waals surface area contributed by atoms with Crippen LogP contribution in [0.5, 0.6) is 0 Å². The molecule has 0 radical (unpaired) electrons. The summed E-state index contributed by atoms with van der Waals surface area (Å²) in [6.45, 7) is 11.1. The molecular formula is C52H86O22. The molecule has 0 spiro atoms. The normalized spacial score (nSPS) is 54.9. The summed E-state index contributed by atoms with van der Waals surface area (Å²) in [7, 11) is 1.72. The summed E-state index contributed by atoms with van der Waals surface area (Å²) in [5, 5.41) is 127. The van der Waals surface area contributed by atoms with Crippen LogP contribution < -0.4 is 0 Å². The van der Waals surface area contributed by atoms with E-state index in [0.717, 1.165) is 32.1 Å². The van der Waals surface area contributed by atoms with Crippen molar-refractivity contribution in [2.45, 2.75) is 240 Å². The minimum atomic E-state index is -1.74. The molecule has 0 bridgehead atoms. The van der Waals surface area contributed by atoms with Crippen LogP contribution in [0.25, 0.3) is 0 Å². The van der Waals surface area contributed by atoms with Crippen LogP contribution in [0.15, 0.2) is 11.6 Å². The fourth-order valence-corrected chi connectivity index (χ4v) is 15.3. The van der Waals surface area contributed by atoms with Crippen molar-refractivity contribution in [3.8, 4) is 0 Å². The lowest BCUT2D eigenvalue weighted by atomic mass is 9.47. The summed E-state index contributed by atoms with van der Waals surface area (Å²) < 4.78 is 61.5. The Hall–Kier alpha value is -1.14. The molecule has 12 N–H and O–H groups in total. The second-order valence-electron chi connectivity index (χ2n) is 24.0. The van der Waals surface area contributed by atoms with E-state index >= 15 is 0 Å². The van der Waals surface area contributed by atoms with Crippen LogP contribution in [0, 0.1) is 46.3 Å². The summed E-state index contributed by atoms with van der Waals surface area (Å²) in [6, 6.07) is 0. The first kappa shape index (κ1) is 57.5. The molecule has 74 heavy (non-hydrogen) atoms. The molecule has 8 fully saturated rings. The second-order valence-corrected chi connectivity index (χ2v) is 24.0. The Labute approximate surface area is 432 Å². The van der Waals surface area contributed by atoms with Gasteiger partial charge in [0.05, 0.1) is 44.2 Å². The van der Waals surface area contributed by atoms with Crippen molar-refractivity contribution in [2.24, 2.45) is 46.3 Å². The largest absolute Gasteiger partial charge is 0.394 e. The zero-order chi connectivity index (χ0) is 53.5. The average Bonchev–Trinajstić information content (AvgIpc) is 3.84. The van der Waals surface area contributed by atoms with Crippen LogP contribution in [0.2, 0.25) is 0 Å². The maximum absolute atomic E-state index is 12.1. The molecule has 426 valence electrons. The van der Waals surface area contributed by atoms with E-state index in [1.807, 2.05) is 6.92 Å². The highest BCUT2D eigenvalue weighted by atomic mass is 16.8. The van der Waals surface area contributed by atoms with E-state index in [9.17, 15) is 61.3 Å². The van der Waals surface area contributed by atoms with E-state index in [1.165, 1.54) is 19.4 Å². The molecule has 0 unspecified atom stereocenters. The molecule has 0 amide bonds. The van der Waals surface area contributed by atoms with Crippen molar-refractivity contribution in [3.63, 3.8) is 0 Å². The second kappa shape index (κ2) is 22.4. The van der Waals surface area contributed by atoms with Gasteiger partial charge in [-0.05, 0) is 106 Å². The molecule has 0 aromatic rings. The van der Waals surface area contributed by atoms with Gasteiger partial charge in [0.25, 0.3) is 0 Å². The molecule has 5 heterocycles. The maximum Gasteiger partial charge on any atom is 0.187 e. The number of hydrogen-bond donors (Lipinski definition) is 12. The number of hydrogen-bond acceptors (Lipinski definition) is 22. The molecule has 9 rings (SSSR count). The molecule has 5 aliphatic heterocycles. The number of ether oxygens (including phenoxy) is 10. The molecular weight excluding hydrogens is 977 g/mol. The van der Waals surface area contributed by atoms with Gasteiger partial charge in [-0.15, -0.1) is 0 Å². The average molecular weight is 1060 g/mol.